The molecule has 0 saturated carbocycles. The van der Waals surface area contributed by atoms with Gasteiger partial charge in [0.2, 0.25) is 0 Å². The first-order chi connectivity index (χ1) is 16.9. The maximum absolute atomic E-state index is 13.0. The summed E-state index contributed by atoms with van der Waals surface area (Å²) in [4.78, 5) is 41.3. The van der Waals surface area contributed by atoms with Crippen LogP contribution in [0.2, 0.25) is 0 Å². The Hall–Kier alpha value is -4.26. The van der Waals surface area contributed by atoms with E-state index in [1.807, 2.05) is 36.7 Å². The lowest BCUT2D eigenvalue weighted by Crippen LogP contribution is -2.25. The standard InChI is InChI=1S/C28H27N3O4/c1-4-35-27(33)17-31-16-21(11-12-26(31)32)30-28(34)20-8-5-7-19(13-20)24-14-29-15-25-22(18(2)3)9-6-10-23(24)25/h5-16,18H,4,17H2,1-3H3,(H,30,34). The summed E-state index contributed by atoms with van der Waals surface area (Å²) in [5.41, 5.74) is 3.55. The number of amides is 1. The summed E-state index contributed by atoms with van der Waals surface area (Å²) in [7, 11) is 0. The van der Waals surface area contributed by atoms with Gasteiger partial charge in [-0.25, -0.2) is 0 Å². The van der Waals surface area contributed by atoms with Crippen LogP contribution in [0.5, 0.6) is 0 Å². The Morgan fingerprint density at radius 2 is 1.83 bits per heavy atom. The number of carbonyl (C=O) groups is 2. The lowest BCUT2D eigenvalue weighted by Gasteiger charge is -2.13. The number of hydrogen-bond acceptors (Lipinski definition) is 5. The van der Waals surface area contributed by atoms with E-state index in [9.17, 15) is 14.4 Å². The van der Waals surface area contributed by atoms with Gasteiger partial charge in [-0.05, 0) is 47.6 Å². The minimum atomic E-state index is -0.518. The molecule has 2 heterocycles. The van der Waals surface area contributed by atoms with E-state index in [0.717, 1.165) is 21.9 Å². The van der Waals surface area contributed by atoms with E-state index in [1.54, 1.807) is 13.0 Å². The Labute approximate surface area is 203 Å². The van der Waals surface area contributed by atoms with Crippen molar-refractivity contribution in [2.45, 2.75) is 33.2 Å². The van der Waals surface area contributed by atoms with E-state index >= 15 is 0 Å². The van der Waals surface area contributed by atoms with Crippen LogP contribution < -0.4 is 10.9 Å². The first kappa shape index (κ1) is 23.9. The van der Waals surface area contributed by atoms with Crippen LogP contribution >= 0.6 is 0 Å². The van der Waals surface area contributed by atoms with Gasteiger partial charge in [0.1, 0.15) is 6.54 Å². The number of hydrogen-bond donors (Lipinski definition) is 1. The van der Waals surface area contributed by atoms with Crippen molar-refractivity contribution in [3.8, 4) is 11.1 Å². The molecule has 2 aromatic heterocycles. The molecule has 7 nitrogen and oxygen atoms in total. The number of rotatable bonds is 7. The zero-order valence-corrected chi connectivity index (χ0v) is 19.9. The Kier molecular flexibility index (Phi) is 7.06. The third-order valence-electron chi connectivity index (χ3n) is 5.74. The van der Waals surface area contributed by atoms with Crippen LogP contribution in [0.25, 0.3) is 21.9 Å². The minimum absolute atomic E-state index is 0.224. The molecule has 0 saturated heterocycles. The van der Waals surface area contributed by atoms with Crippen molar-refractivity contribution < 1.29 is 14.3 Å². The fourth-order valence-electron chi connectivity index (χ4n) is 4.06. The monoisotopic (exact) mass is 469 g/mol. The fraction of sp³-hybridized carbons (Fsp3) is 0.214. The lowest BCUT2D eigenvalue weighted by molar-refractivity contribution is -0.143. The summed E-state index contributed by atoms with van der Waals surface area (Å²) in [5.74, 6) is -0.487. The van der Waals surface area contributed by atoms with Gasteiger partial charge in [-0.2, -0.15) is 0 Å². The van der Waals surface area contributed by atoms with Crippen LogP contribution in [0.3, 0.4) is 0 Å². The molecule has 0 radical (unpaired) electrons. The van der Waals surface area contributed by atoms with Gasteiger partial charge in [0, 0.05) is 41.2 Å². The number of nitrogens with zero attached hydrogens (tertiary/aromatic N) is 2. The lowest BCUT2D eigenvalue weighted by atomic mass is 9.93. The Balaban J connectivity index is 1.62. The molecule has 0 bridgehead atoms. The van der Waals surface area contributed by atoms with Crippen molar-refractivity contribution in [1.29, 1.82) is 0 Å². The van der Waals surface area contributed by atoms with Crippen molar-refractivity contribution in [3.05, 3.63) is 94.7 Å². The Bertz CT molecular complexity index is 1460. The van der Waals surface area contributed by atoms with E-state index in [-0.39, 0.29) is 24.6 Å². The summed E-state index contributed by atoms with van der Waals surface area (Å²) in [6, 6.07) is 16.4. The van der Waals surface area contributed by atoms with Crippen LogP contribution in [0.4, 0.5) is 5.69 Å². The number of pyridine rings is 2. The second kappa shape index (κ2) is 10.3. The number of esters is 1. The predicted octanol–water partition coefficient (Wildman–Crippen LogP) is 5.00. The Morgan fingerprint density at radius 1 is 1.03 bits per heavy atom. The highest BCUT2D eigenvalue weighted by Crippen LogP contribution is 2.32. The molecule has 0 aliphatic heterocycles. The quantitative estimate of drug-likeness (QED) is 0.385. The first-order valence-corrected chi connectivity index (χ1v) is 11.5. The van der Waals surface area contributed by atoms with Crippen LogP contribution in [0.15, 0.2) is 78.0 Å². The van der Waals surface area contributed by atoms with E-state index in [1.165, 1.54) is 28.5 Å². The Morgan fingerprint density at radius 3 is 2.60 bits per heavy atom. The third-order valence-corrected chi connectivity index (χ3v) is 5.74. The van der Waals surface area contributed by atoms with Gasteiger partial charge in [-0.3, -0.25) is 19.4 Å². The topological polar surface area (TPSA) is 90.3 Å². The number of nitrogens with one attached hydrogen (secondary N) is 1. The van der Waals surface area contributed by atoms with Gasteiger partial charge >= 0.3 is 5.97 Å². The highest BCUT2D eigenvalue weighted by Gasteiger charge is 2.13. The molecule has 0 fully saturated rings. The molecule has 178 valence electrons. The van der Waals surface area contributed by atoms with Crippen LogP contribution in [0, 0.1) is 0 Å². The van der Waals surface area contributed by atoms with E-state index in [0.29, 0.717) is 17.2 Å². The molecular weight excluding hydrogens is 442 g/mol. The summed E-state index contributed by atoms with van der Waals surface area (Å²) in [6.07, 6.45) is 5.13. The minimum Gasteiger partial charge on any atom is -0.465 e. The number of anilines is 1. The maximum atomic E-state index is 13.0. The van der Waals surface area contributed by atoms with E-state index in [4.69, 9.17) is 4.74 Å². The fourth-order valence-corrected chi connectivity index (χ4v) is 4.06. The predicted molar refractivity (Wildman–Crippen MR) is 137 cm³/mol. The van der Waals surface area contributed by atoms with Gasteiger partial charge in [-0.1, -0.05) is 44.2 Å². The van der Waals surface area contributed by atoms with Gasteiger partial charge in [0.15, 0.2) is 0 Å². The first-order valence-electron chi connectivity index (χ1n) is 11.5. The van der Waals surface area contributed by atoms with Crippen molar-refractivity contribution >= 4 is 28.3 Å². The van der Waals surface area contributed by atoms with Crippen molar-refractivity contribution in [2.24, 2.45) is 0 Å². The number of ether oxygens (including phenoxy) is 1. The van der Waals surface area contributed by atoms with Crippen molar-refractivity contribution in [3.63, 3.8) is 0 Å². The van der Waals surface area contributed by atoms with Crippen LogP contribution in [-0.2, 0) is 16.1 Å². The summed E-state index contributed by atoms with van der Waals surface area (Å²) >= 11 is 0. The molecular formula is C28H27N3O4. The van der Waals surface area contributed by atoms with E-state index in [2.05, 4.69) is 36.3 Å². The molecule has 0 aliphatic carbocycles. The van der Waals surface area contributed by atoms with Crippen LogP contribution in [-0.4, -0.2) is 28.0 Å². The molecule has 0 spiro atoms. The molecule has 1 N–H and O–H groups in total. The third kappa shape index (κ3) is 5.30. The van der Waals surface area contributed by atoms with E-state index < -0.39 is 5.97 Å². The highest BCUT2D eigenvalue weighted by atomic mass is 16.5. The molecule has 2 aromatic carbocycles. The molecule has 0 unspecified atom stereocenters. The van der Waals surface area contributed by atoms with Gasteiger partial charge in [0.25, 0.3) is 11.5 Å². The average molecular weight is 470 g/mol. The average Bonchev–Trinajstić information content (AvgIpc) is 2.85. The summed E-state index contributed by atoms with van der Waals surface area (Å²) in [5, 5.41) is 4.98. The number of fused-ring (bicyclic) bond motifs is 1. The number of aromatic nitrogens is 2. The van der Waals surface area contributed by atoms with Crippen LogP contribution in [0.1, 0.15) is 42.6 Å². The molecule has 35 heavy (non-hydrogen) atoms. The zero-order valence-electron chi connectivity index (χ0n) is 19.9. The number of carbonyl (C=O) groups excluding carboxylic acids is 2. The van der Waals surface area contributed by atoms with Crippen molar-refractivity contribution in [1.82, 2.24) is 9.55 Å². The van der Waals surface area contributed by atoms with Gasteiger partial charge in [-0.15, -0.1) is 0 Å². The molecule has 0 atom stereocenters. The molecule has 4 aromatic rings. The highest BCUT2D eigenvalue weighted by molar-refractivity contribution is 6.06. The van der Waals surface area contributed by atoms with Gasteiger partial charge in [0.05, 0.1) is 12.3 Å². The summed E-state index contributed by atoms with van der Waals surface area (Å²) in [6.45, 7) is 6.01. The molecule has 0 aliphatic rings. The normalized spacial score (nSPS) is 11.0. The molecule has 4 rings (SSSR count). The SMILES string of the molecule is CCOC(=O)Cn1cc(NC(=O)c2cccc(-c3cncc4c(C(C)C)cccc34)c2)ccc1=O. The second-order valence-corrected chi connectivity index (χ2v) is 8.51. The van der Waals surface area contributed by atoms with Crippen molar-refractivity contribution in [2.75, 3.05) is 11.9 Å². The second-order valence-electron chi connectivity index (χ2n) is 8.51. The molecule has 7 heteroatoms. The maximum Gasteiger partial charge on any atom is 0.326 e. The number of benzene rings is 2. The molecule has 1 amide bonds. The largest absolute Gasteiger partial charge is 0.465 e. The summed E-state index contributed by atoms with van der Waals surface area (Å²) < 4.78 is 6.11. The zero-order chi connectivity index (χ0) is 24.9. The smallest absolute Gasteiger partial charge is 0.326 e. The van der Waals surface area contributed by atoms with Gasteiger partial charge < -0.3 is 14.6 Å².